The fourth-order valence-electron chi connectivity index (χ4n) is 1.27. The maximum absolute atomic E-state index is 10.5. The van der Waals surface area contributed by atoms with Crippen LogP contribution in [0.1, 0.15) is 0 Å². The quantitative estimate of drug-likeness (QED) is 0.610. The van der Waals surface area contributed by atoms with E-state index in [1.165, 1.54) is 23.9 Å². The first-order valence-corrected chi connectivity index (χ1v) is 6.02. The van der Waals surface area contributed by atoms with E-state index in [1.54, 1.807) is 12.1 Å². The van der Waals surface area contributed by atoms with Gasteiger partial charge in [0.25, 0.3) is 5.69 Å². The van der Waals surface area contributed by atoms with E-state index in [1.807, 2.05) is 24.3 Å². The molecule has 0 heterocycles. The van der Waals surface area contributed by atoms with E-state index in [2.05, 4.69) is 0 Å². The minimum atomic E-state index is -0.406. The highest BCUT2D eigenvalue weighted by Gasteiger charge is 2.04. The van der Waals surface area contributed by atoms with Crippen LogP contribution >= 0.6 is 23.4 Å². The van der Waals surface area contributed by atoms with Gasteiger partial charge in [-0.2, -0.15) is 0 Å². The highest BCUT2D eigenvalue weighted by Crippen LogP contribution is 2.29. The van der Waals surface area contributed by atoms with Crippen molar-refractivity contribution in [3.63, 3.8) is 0 Å². The number of benzene rings is 2. The monoisotopic (exact) mass is 265 g/mol. The Morgan fingerprint density at radius 1 is 0.941 bits per heavy atom. The lowest BCUT2D eigenvalue weighted by atomic mass is 10.3. The molecule has 0 amide bonds. The zero-order chi connectivity index (χ0) is 12.3. The SMILES string of the molecule is O=[N+]([O-])c1ccc(Sc2ccc(Cl)cc2)cc1. The Balaban J connectivity index is 2.13. The molecular formula is C12H8ClNO2S. The summed E-state index contributed by atoms with van der Waals surface area (Å²) in [7, 11) is 0. The molecule has 86 valence electrons. The number of nitro benzene ring substituents is 1. The van der Waals surface area contributed by atoms with Crippen molar-refractivity contribution >= 4 is 29.1 Å². The van der Waals surface area contributed by atoms with Gasteiger partial charge < -0.3 is 0 Å². The summed E-state index contributed by atoms with van der Waals surface area (Å²) in [5, 5.41) is 11.2. The Bertz CT molecular complexity index is 525. The van der Waals surface area contributed by atoms with Crippen LogP contribution in [0.25, 0.3) is 0 Å². The highest BCUT2D eigenvalue weighted by molar-refractivity contribution is 7.99. The van der Waals surface area contributed by atoms with Crippen molar-refractivity contribution in [3.8, 4) is 0 Å². The zero-order valence-corrected chi connectivity index (χ0v) is 10.2. The van der Waals surface area contributed by atoms with Crippen LogP contribution in [0.3, 0.4) is 0 Å². The summed E-state index contributed by atoms with van der Waals surface area (Å²) in [4.78, 5) is 12.1. The van der Waals surface area contributed by atoms with E-state index in [0.717, 1.165) is 9.79 Å². The van der Waals surface area contributed by atoms with Gasteiger partial charge in [0.2, 0.25) is 0 Å². The van der Waals surface area contributed by atoms with Crippen LogP contribution in [0.4, 0.5) is 5.69 Å². The molecule has 17 heavy (non-hydrogen) atoms. The summed E-state index contributed by atoms with van der Waals surface area (Å²) < 4.78 is 0. The Morgan fingerprint density at radius 3 is 1.88 bits per heavy atom. The summed E-state index contributed by atoms with van der Waals surface area (Å²) in [5.41, 5.74) is 0.102. The first-order valence-electron chi connectivity index (χ1n) is 4.83. The molecule has 3 nitrogen and oxygen atoms in total. The van der Waals surface area contributed by atoms with Crippen LogP contribution in [0.5, 0.6) is 0 Å². The lowest BCUT2D eigenvalue weighted by Gasteiger charge is -2.01. The molecule has 0 aliphatic heterocycles. The molecule has 0 fully saturated rings. The molecule has 2 rings (SSSR count). The van der Waals surface area contributed by atoms with E-state index in [0.29, 0.717) is 5.02 Å². The van der Waals surface area contributed by atoms with E-state index in [4.69, 9.17) is 11.6 Å². The Hall–Kier alpha value is -1.52. The lowest BCUT2D eigenvalue weighted by Crippen LogP contribution is -1.86. The Kier molecular flexibility index (Phi) is 3.66. The van der Waals surface area contributed by atoms with Gasteiger partial charge in [-0.3, -0.25) is 10.1 Å². The van der Waals surface area contributed by atoms with Crippen molar-refractivity contribution in [3.05, 3.63) is 63.7 Å². The van der Waals surface area contributed by atoms with Gasteiger partial charge in [-0.15, -0.1) is 0 Å². The Morgan fingerprint density at radius 2 is 1.41 bits per heavy atom. The number of nitrogens with zero attached hydrogens (tertiary/aromatic N) is 1. The van der Waals surface area contributed by atoms with Crippen molar-refractivity contribution in [1.82, 2.24) is 0 Å². The first kappa shape index (κ1) is 12.0. The summed E-state index contributed by atoms with van der Waals surface area (Å²) in [5.74, 6) is 0. The second kappa shape index (κ2) is 5.21. The van der Waals surface area contributed by atoms with Crippen molar-refractivity contribution < 1.29 is 4.92 Å². The predicted molar refractivity (Wildman–Crippen MR) is 68.7 cm³/mol. The van der Waals surface area contributed by atoms with Crippen LogP contribution in [-0.4, -0.2) is 4.92 Å². The van der Waals surface area contributed by atoms with Crippen LogP contribution in [0.15, 0.2) is 58.3 Å². The van der Waals surface area contributed by atoms with Gasteiger partial charge in [-0.05, 0) is 36.4 Å². The fourth-order valence-corrected chi connectivity index (χ4v) is 2.22. The Labute approximate surface area is 108 Å². The fraction of sp³-hybridized carbons (Fsp3) is 0. The molecular weight excluding hydrogens is 258 g/mol. The van der Waals surface area contributed by atoms with Gasteiger partial charge in [0, 0.05) is 26.9 Å². The number of hydrogen-bond donors (Lipinski definition) is 0. The molecule has 0 saturated carbocycles. The molecule has 5 heteroatoms. The molecule has 2 aromatic rings. The molecule has 0 saturated heterocycles. The number of hydrogen-bond acceptors (Lipinski definition) is 3. The largest absolute Gasteiger partial charge is 0.269 e. The van der Waals surface area contributed by atoms with Gasteiger partial charge in [0.1, 0.15) is 0 Å². The second-order valence-electron chi connectivity index (χ2n) is 3.31. The molecule has 0 aromatic heterocycles. The molecule has 0 atom stereocenters. The lowest BCUT2D eigenvalue weighted by molar-refractivity contribution is -0.384. The third-order valence-corrected chi connectivity index (χ3v) is 3.36. The highest BCUT2D eigenvalue weighted by atomic mass is 35.5. The third-order valence-electron chi connectivity index (χ3n) is 2.10. The van der Waals surface area contributed by atoms with Gasteiger partial charge in [0.05, 0.1) is 4.92 Å². The number of halogens is 1. The molecule has 0 aliphatic carbocycles. The average Bonchev–Trinajstić information content (AvgIpc) is 2.33. The van der Waals surface area contributed by atoms with Gasteiger partial charge in [-0.1, -0.05) is 23.4 Å². The van der Waals surface area contributed by atoms with Crippen molar-refractivity contribution in [2.24, 2.45) is 0 Å². The molecule has 2 aromatic carbocycles. The maximum Gasteiger partial charge on any atom is 0.269 e. The molecule has 0 radical (unpaired) electrons. The van der Waals surface area contributed by atoms with Crippen LogP contribution in [-0.2, 0) is 0 Å². The van der Waals surface area contributed by atoms with E-state index >= 15 is 0 Å². The smallest absolute Gasteiger partial charge is 0.258 e. The van der Waals surface area contributed by atoms with Crippen LogP contribution in [0, 0.1) is 10.1 Å². The zero-order valence-electron chi connectivity index (χ0n) is 8.67. The van der Waals surface area contributed by atoms with Crippen molar-refractivity contribution in [2.75, 3.05) is 0 Å². The van der Waals surface area contributed by atoms with Crippen molar-refractivity contribution in [1.29, 1.82) is 0 Å². The van der Waals surface area contributed by atoms with Crippen LogP contribution < -0.4 is 0 Å². The molecule has 0 aliphatic rings. The predicted octanol–water partition coefficient (Wildman–Crippen LogP) is 4.40. The first-order chi connectivity index (χ1) is 8.15. The minimum absolute atomic E-state index is 0.102. The third kappa shape index (κ3) is 3.22. The van der Waals surface area contributed by atoms with Gasteiger partial charge in [0.15, 0.2) is 0 Å². The summed E-state index contributed by atoms with van der Waals surface area (Å²) in [6.07, 6.45) is 0. The number of non-ortho nitro benzene ring substituents is 1. The van der Waals surface area contributed by atoms with E-state index in [-0.39, 0.29) is 5.69 Å². The van der Waals surface area contributed by atoms with E-state index < -0.39 is 4.92 Å². The normalized spacial score (nSPS) is 10.2. The topological polar surface area (TPSA) is 43.1 Å². The van der Waals surface area contributed by atoms with Gasteiger partial charge >= 0.3 is 0 Å². The summed E-state index contributed by atoms with van der Waals surface area (Å²) >= 11 is 7.32. The molecule has 0 bridgehead atoms. The molecule has 0 unspecified atom stereocenters. The average molecular weight is 266 g/mol. The standard InChI is InChI=1S/C12H8ClNO2S/c13-9-1-5-11(6-2-9)17-12-7-3-10(4-8-12)14(15)16/h1-8H. The molecule has 0 spiro atoms. The van der Waals surface area contributed by atoms with Gasteiger partial charge in [-0.25, -0.2) is 0 Å². The van der Waals surface area contributed by atoms with E-state index in [9.17, 15) is 10.1 Å². The summed E-state index contributed by atoms with van der Waals surface area (Å²) in [6, 6.07) is 13.9. The van der Waals surface area contributed by atoms with Crippen molar-refractivity contribution in [2.45, 2.75) is 9.79 Å². The number of nitro groups is 1. The van der Waals surface area contributed by atoms with Crippen LogP contribution in [0.2, 0.25) is 5.02 Å². The maximum atomic E-state index is 10.5. The second-order valence-corrected chi connectivity index (χ2v) is 4.89. The molecule has 0 N–H and O–H groups in total. The number of rotatable bonds is 3. The minimum Gasteiger partial charge on any atom is -0.258 e. The summed E-state index contributed by atoms with van der Waals surface area (Å²) in [6.45, 7) is 0.